The third-order valence-electron chi connectivity index (χ3n) is 14.5. The van der Waals surface area contributed by atoms with Crippen LogP contribution in [-0.4, -0.2) is 13.7 Å². The zero-order chi connectivity index (χ0) is 44.4. The molecule has 1 aliphatic heterocycles. The molecule has 0 bridgehead atoms. The topological polar surface area (TPSA) is 24.0 Å². The van der Waals surface area contributed by atoms with E-state index in [-0.39, 0.29) is 5.41 Å². The molecule has 0 atom stereocenters. The minimum Gasteiger partial charge on any atom is -0.456 e. The molecule has 0 unspecified atom stereocenters. The van der Waals surface area contributed by atoms with Gasteiger partial charge in [0.1, 0.15) is 11.5 Å². The average Bonchev–Trinajstić information content (AvgIpc) is 4.02. The fourth-order valence-corrected chi connectivity index (χ4v) is 11.5. The summed E-state index contributed by atoms with van der Waals surface area (Å²) in [6.45, 7) is 4.63. The van der Waals surface area contributed by atoms with Gasteiger partial charge in [0.2, 0.25) is 0 Å². The van der Waals surface area contributed by atoms with E-state index < -0.39 is 0 Å². The van der Waals surface area contributed by atoms with Gasteiger partial charge in [0, 0.05) is 54.6 Å². The summed E-state index contributed by atoms with van der Waals surface area (Å²) in [6, 6.07) is 81.8. The molecule has 1 aliphatic rings. The van der Waals surface area contributed by atoms with Crippen LogP contribution in [0.1, 0.15) is 25.0 Å². The lowest BCUT2D eigenvalue weighted by molar-refractivity contribution is 0.423. The van der Waals surface area contributed by atoms with Gasteiger partial charge in [-0.05, 0) is 59.7 Å². The fourth-order valence-electron chi connectivity index (χ4n) is 11.5. The van der Waals surface area contributed by atoms with E-state index in [0.717, 1.165) is 61.5 Å². The zero-order valence-corrected chi connectivity index (χ0v) is 37.1. The van der Waals surface area contributed by atoms with Crippen LogP contribution >= 0.6 is 0 Å². The van der Waals surface area contributed by atoms with E-state index in [0.29, 0.717) is 0 Å². The maximum absolute atomic E-state index is 6.98. The van der Waals surface area contributed by atoms with Crippen LogP contribution < -0.4 is 4.74 Å². The quantitative estimate of drug-likeness (QED) is 0.169. The summed E-state index contributed by atoms with van der Waals surface area (Å²) < 4.78 is 14.5. The molecule has 0 spiro atoms. The summed E-state index contributed by atoms with van der Waals surface area (Å²) >= 11 is 0. The highest BCUT2D eigenvalue weighted by atomic mass is 16.5. The minimum absolute atomic E-state index is 0.240. The van der Waals surface area contributed by atoms with Crippen LogP contribution in [0.2, 0.25) is 0 Å². The molecule has 10 aromatic carbocycles. The van der Waals surface area contributed by atoms with Crippen molar-refractivity contribution in [3.05, 3.63) is 236 Å². The van der Waals surface area contributed by atoms with Crippen molar-refractivity contribution >= 4 is 65.4 Å². The smallest absolute Gasteiger partial charge is 0.141 e. The Labute approximate surface area is 387 Å². The summed E-state index contributed by atoms with van der Waals surface area (Å²) in [7, 11) is 0. The van der Waals surface area contributed by atoms with Crippen molar-refractivity contribution in [1.29, 1.82) is 0 Å². The van der Waals surface area contributed by atoms with E-state index in [4.69, 9.17) is 4.74 Å². The summed E-state index contributed by atoms with van der Waals surface area (Å²) in [5.74, 6) is 1.85. The van der Waals surface area contributed by atoms with Crippen LogP contribution in [0, 0.1) is 0 Å². The molecule has 13 aromatic rings. The van der Waals surface area contributed by atoms with Gasteiger partial charge in [-0.1, -0.05) is 190 Å². The molecule has 0 amide bonds. The second-order valence-electron chi connectivity index (χ2n) is 18.4. The SMILES string of the molecule is CC1(C)c2ccccc2Oc2c1ccc1c2c2ccccc2n1-c1ccccc1-n1c2ccccc2c2ccc3c(c4ccccc4n3-c3c(-c4ccccc4)cccc3-c3ccccc3)c21. The fraction of sp³-hybridized carbons (Fsp3) is 0.0476. The molecular weight excluding hydrogens is 815 g/mol. The lowest BCUT2D eigenvalue weighted by Gasteiger charge is -2.34. The first-order valence-corrected chi connectivity index (χ1v) is 23.2. The number of ether oxygens (including phenoxy) is 1. The first-order valence-electron chi connectivity index (χ1n) is 23.2. The first-order chi connectivity index (χ1) is 33.1. The second kappa shape index (κ2) is 14.2. The normalized spacial score (nSPS) is 13.2. The highest BCUT2D eigenvalue weighted by Crippen LogP contribution is 2.53. The van der Waals surface area contributed by atoms with Crippen molar-refractivity contribution in [2.45, 2.75) is 19.3 Å². The number of hydrogen-bond acceptors (Lipinski definition) is 1. The molecule has 0 radical (unpaired) electrons. The monoisotopic (exact) mass is 857 g/mol. The summed E-state index contributed by atoms with van der Waals surface area (Å²) in [5, 5.41) is 7.14. The van der Waals surface area contributed by atoms with Gasteiger partial charge in [-0.2, -0.15) is 0 Å². The van der Waals surface area contributed by atoms with Crippen molar-refractivity contribution in [3.8, 4) is 50.8 Å². The maximum Gasteiger partial charge on any atom is 0.141 e. The molecule has 14 rings (SSSR count). The van der Waals surface area contributed by atoms with Gasteiger partial charge in [0.15, 0.2) is 0 Å². The van der Waals surface area contributed by atoms with Crippen molar-refractivity contribution in [3.63, 3.8) is 0 Å². The minimum atomic E-state index is -0.240. The number of fused-ring (bicyclic) bond motifs is 13. The Hall–Kier alpha value is -8.60. The lowest BCUT2D eigenvalue weighted by atomic mass is 9.75. The number of benzene rings is 10. The standard InChI is InChI=1S/C63H43N3O/c1-63(2)48-29-12-18-35-57(48)67-62-49(63)37-39-56-59(62)47-26-11-14-31-51(47)64(56)53-33-16-17-34-54(53)65-50-30-13-9-24-44(50)45-36-38-55-58(61(45)65)46-25-10-15-32-52(46)66(55)60-42(40-20-5-3-6-21-40)27-19-28-43(60)41-22-7-4-8-23-41/h3-39H,1-2H3. The molecule has 0 N–H and O–H groups in total. The lowest BCUT2D eigenvalue weighted by Crippen LogP contribution is -2.24. The summed E-state index contributed by atoms with van der Waals surface area (Å²) in [4.78, 5) is 0. The Morgan fingerprint density at radius 3 is 1.54 bits per heavy atom. The third kappa shape index (κ3) is 5.30. The van der Waals surface area contributed by atoms with Crippen molar-refractivity contribution in [1.82, 2.24) is 13.7 Å². The average molecular weight is 858 g/mol. The highest BCUT2D eigenvalue weighted by molar-refractivity contribution is 6.26. The Bertz CT molecular complexity index is 4090. The Morgan fingerprint density at radius 2 is 0.851 bits per heavy atom. The molecule has 4 heterocycles. The van der Waals surface area contributed by atoms with Crippen LogP contribution in [0.15, 0.2) is 224 Å². The van der Waals surface area contributed by atoms with E-state index in [9.17, 15) is 0 Å². The van der Waals surface area contributed by atoms with Crippen LogP contribution in [-0.2, 0) is 5.41 Å². The van der Waals surface area contributed by atoms with E-state index >= 15 is 0 Å². The predicted molar refractivity (Wildman–Crippen MR) is 279 cm³/mol. The molecule has 0 aliphatic carbocycles. The molecule has 67 heavy (non-hydrogen) atoms. The largest absolute Gasteiger partial charge is 0.456 e. The van der Waals surface area contributed by atoms with Gasteiger partial charge in [-0.3, -0.25) is 0 Å². The van der Waals surface area contributed by atoms with E-state index in [2.05, 4.69) is 252 Å². The van der Waals surface area contributed by atoms with Crippen LogP contribution in [0.4, 0.5) is 0 Å². The van der Waals surface area contributed by atoms with Gasteiger partial charge in [-0.15, -0.1) is 0 Å². The van der Waals surface area contributed by atoms with Gasteiger partial charge in [0.05, 0.1) is 55.5 Å². The summed E-state index contributed by atoms with van der Waals surface area (Å²) in [6.07, 6.45) is 0. The molecule has 4 nitrogen and oxygen atoms in total. The Morgan fingerprint density at radius 1 is 0.343 bits per heavy atom. The zero-order valence-electron chi connectivity index (χ0n) is 37.1. The van der Waals surface area contributed by atoms with Gasteiger partial charge < -0.3 is 18.4 Å². The maximum atomic E-state index is 6.98. The predicted octanol–water partition coefficient (Wildman–Crippen LogP) is 16.7. The van der Waals surface area contributed by atoms with Crippen molar-refractivity contribution < 1.29 is 4.74 Å². The molecule has 316 valence electrons. The van der Waals surface area contributed by atoms with Crippen LogP contribution in [0.3, 0.4) is 0 Å². The van der Waals surface area contributed by atoms with Crippen LogP contribution in [0.25, 0.3) is 105 Å². The molecular formula is C63H43N3O. The van der Waals surface area contributed by atoms with E-state index in [1.165, 1.54) is 65.8 Å². The van der Waals surface area contributed by atoms with E-state index in [1.807, 2.05) is 0 Å². The van der Waals surface area contributed by atoms with Crippen molar-refractivity contribution in [2.75, 3.05) is 0 Å². The molecule has 0 saturated carbocycles. The Balaban J connectivity index is 1.10. The Kier molecular flexibility index (Phi) is 8.00. The molecule has 3 aromatic heterocycles. The van der Waals surface area contributed by atoms with Gasteiger partial charge in [-0.25, -0.2) is 0 Å². The second-order valence-corrected chi connectivity index (χ2v) is 18.4. The van der Waals surface area contributed by atoms with Crippen molar-refractivity contribution in [2.24, 2.45) is 0 Å². The molecule has 0 fully saturated rings. The van der Waals surface area contributed by atoms with Gasteiger partial charge >= 0.3 is 0 Å². The number of para-hydroxylation sites is 7. The summed E-state index contributed by atoms with van der Waals surface area (Å²) in [5.41, 5.74) is 17.1. The van der Waals surface area contributed by atoms with Crippen LogP contribution in [0.5, 0.6) is 11.5 Å². The molecule has 0 saturated heterocycles. The van der Waals surface area contributed by atoms with E-state index in [1.54, 1.807) is 0 Å². The number of nitrogens with zero attached hydrogens (tertiary/aromatic N) is 3. The highest BCUT2D eigenvalue weighted by Gasteiger charge is 2.36. The number of hydrogen-bond donors (Lipinski definition) is 0. The first kappa shape index (κ1) is 37.7. The van der Waals surface area contributed by atoms with Gasteiger partial charge in [0.25, 0.3) is 0 Å². The third-order valence-corrected chi connectivity index (χ3v) is 14.5. The number of rotatable bonds is 5. The number of aromatic nitrogens is 3. The molecule has 4 heteroatoms.